The minimum atomic E-state index is -3.44. The van der Waals surface area contributed by atoms with Gasteiger partial charge in [-0.05, 0) is 56.5 Å². The van der Waals surface area contributed by atoms with Crippen LogP contribution in [0.3, 0.4) is 0 Å². The van der Waals surface area contributed by atoms with Crippen LogP contribution in [0.15, 0.2) is 254 Å². The van der Waals surface area contributed by atoms with Crippen molar-refractivity contribution in [2.75, 3.05) is 0 Å². The maximum absolute atomic E-state index is 9.88. The van der Waals surface area contributed by atoms with E-state index in [1.54, 1.807) is 12.1 Å². The summed E-state index contributed by atoms with van der Waals surface area (Å²) in [5.41, 5.74) is -3.79. The van der Waals surface area contributed by atoms with Crippen molar-refractivity contribution in [1.82, 2.24) is 19.5 Å². The fraction of sp³-hybridized carbons (Fsp3) is 0. The standard InChI is InChI=1S/C63H42N4SSi/c1-4-23-44(24-5-1)69(45-25-6-2-7-26-45,46-27-8-3-9-28-46)47-29-20-22-43(42-47)61-64-62(54-34-11-10-30-48(54)52-36-21-37-53-51-33-15-19-41-59(51)68-60(52)53)66-63(65-61)55-35-14-18-40-58(55)67-56-38-16-12-31-49(56)50-32-13-17-39-57(50)67/h1-42H/i10D,11D,12D,13D,14D,15D,16D,17D,18D,19D,21D,30D,31D,32D,33D,34D,35D,36D,37D,38D,39D,40D,41D. The van der Waals surface area contributed by atoms with E-state index in [1.165, 1.54) is 0 Å². The predicted molar refractivity (Wildman–Crippen MR) is 292 cm³/mol. The number of hydrogen-bond donors (Lipinski definition) is 0. The number of aromatic nitrogens is 4. The van der Waals surface area contributed by atoms with E-state index < -0.39 is 208 Å². The molecule has 0 bridgehead atoms. The third-order valence-electron chi connectivity index (χ3n) is 12.1. The molecule has 0 saturated carbocycles. The topological polar surface area (TPSA) is 43.6 Å². The number of rotatable bonds is 9. The lowest BCUT2D eigenvalue weighted by Crippen LogP contribution is -2.74. The lowest BCUT2D eigenvalue weighted by atomic mass is 9.97. The number of para-hydroxylation sites is 3. The summed E-state index contributed by atoms with van der Waals surface area (Å²) in [6.07, 6.45) is 0. The fourth-order valence-electron chi connectivity index (χ4n) is 9.14. The Hall–Kier alpha value is -8.55. The van der Waals surface area contributed by atoms with Crippen LogP contribution in [0.1, 0.15) is 31.5 Å². The first kappa shape index (κ1) is 23.4. The summed E-state index contributed by atoms with van der Waals surface area (Å²) in [5.74, 6) is -1.65. The van der Waals surface area contributed by atoms with Gasteiger partial charge in [-0.25, -0.2) is 15.0 Å². The van der Waals surface area contributed by atoms with Gasteiger partial charge in [-0.2, -0.15) is 0 Å². The normalized spacial score (nSPS) is 16.4. The Bertz CT molecular complexity index is 5230. The minimum Gasteiger partial charge on any atom is -0.309 e. The molecule has 10 aromatic carbocycles. The quantitative estimate of drug-likeness (QED) is 0.107. The SMILES string of the molecule is [2H]c1c([2H])c([2H])c(-c2c([2H])c([2H])c([2H])c3c2sc2c([2H])c([2H])c([2H])c([2H])c23)c(-c2nc(-c3cccc([Si](c4ccccc4)(c4ccccc4)c4ccccc4)c3)nc(-c3c([2H])c([2H])c([2H])c([2H])c3-n3c4c([2H])c([2H])c([2H])c([2H])c4c4c([2H])c([2H])c([2H])c([2H])c43)n2)c1[2H]. The number of nitrogens with zero attached hydrogens (tertiary/aromatic N) is 4. The zero-order chi connectivity index (χ0) is 65.7. The Kier molecular flexibility index (Phi) is 5.76. The van der Waals surface area contributed by atoms with E-state index in [-0.39, 0.29) is 31.6 Å². The minimum absolute atomic E-state index is 0.0931. The van der Waals surface area contributed by atoms with Crippen molar-refractivity contribution in [2.45, 2.75) is 0 Å². The molecule has 0 radical (unpaired) electrons. The smallest absolute Gasteiger partial charge is 0.179 e. The van der Waals surface area contributed by atoms with Gasteiger partial charge in [0.25, 0.3) is 0 Å². The van der Waals surface area contributed by atoms with E-state index >= 15 is 0 Å². The predicted octanol–water partition coefficient (Wildman–Crippen LogP) is 13.4. The molecule has 0 aliphatic rings. The van der Waals surface area contributed by atoms with E-state index in [1.807, 2.05) is 103 Å². The lowest BCUT2D eigenvalue weighted by Gasteiger charge is -2.34. The monoisotopic (exact) mass is 937 g/mol. The van der Waals surface area contributed by atoms with Crippen LogP contribution in [0.4, 0.5) is 0 Å². The molecule has 0 fully saturated rings. The fourth-order valence-corrected chi connectivity index (χ4v) is 15.0. The van der Waals surface area contributed by atoms with Gasteiger partial charge < -0.3 is 4.57 Å². The van der Waals surface area contributed by atoms with Crippen LogP contribution in [-0.2, 0) is 0 Å². The van der Waals surface area contributed by atoms with Gasteiger partial charge in [-0.3, -0.25) is 0 Å². The van der Waals surface area contributed by atoms with E-state index in [4.69, 9.17) is 27.3 Å². The third kappa shape index (κ3) is 6.75. The van der Waals surface area contributed by atoms with Crippen LogP contribution >= 0.6 is 11.3 Å². The van der Waals surface area contributed by atoms with Gasteiger partial charge in [-0.15, -0.1) is 11.3 Å². The van der Waals surface area contributed by atoms with Gasteiger partial charge in [0.2, 0.25) is 0 Å². The number of fused-ring (bicyclic) bond motifs is 6. The molecule has 4 nitrogen and oxygen atoms in total. The summed E-state index contributed by atoms with van der Waals surface area (Å²) in [7, 11) is -3.44. The molecule has 0 aliphatic heterocycles. The second kappa shape index (κ2) is 17.0. The zero-order valence-electron chi connectivity index (χ0n) is 58.7. The molecule has 3 heterocycles. The highest BCUT2D eigenvalue weighted by atomic mass is 32.1. The Morgan fingerprint density at radius 3 is 1.51 bits per heavy atom. The van der Waals surface area contributed by atoms with Crippen molar-refractivity contribution >= 4 is 82.1 Å². The third-order valence-corrected chi connectivity index (χ3v) is 18.0. The summed E-state index contributed by atoms with van der Waals surface area (Å²) in [6, 6.07) is 18.5. The average Bonchev–Trinajstić information content (AvgIpc) is 1.49. The van der Waals surface area contributed by atoms with E-state index in [0.29, 0.717) is 11.3 Å². The van der Waals surface area contributed by atoms with Gasteiger partial charge in [0, 0.05) is 53.2 Å². The van der Waals surface area contributed by atoms with Crippen molar-refractivity contribution in [3.8, 4) is 51.0 Å². The van der Waals surface area contributed by atoms with Crippen LogP contribution in [0.25, 0.3) is 93.0 Å². The molecule has 0 atom stereocenters. The van der Waals surface area contributed by atoms with Gasteiger partial charge in [-0.1, -0.05) is 224 Å². The number of benzene rings is 10. The number of hydrogen-bond acceptors (Lipinski definition) is 4. The second-order valence-electron chi connectivity index (χ2n) is 15.8. The molecule has 6 heteroatoms. The highest BCUT2D eigenvalue weighted by Crippen LogP contribution is 2.43. The van der Waals surface area contributed by atoms with Crippen molar-refractivity contribution < 1.29 is 31.5 Å². The molecule has 69 heavy (non-hydrogen) atoms. The van der Waals surface area contributed by atoms with Gasteiger partial charge in [0.15, 0.2) is 25.5 Å². The van der Waals surface area contributed by atoms with Crippen molar-refractivity contribution in [1.29, 1.82) is 0 Å². The summed E-state index contributed by atoms with van der Waals surface area (Å²) in [5, 5.41) is 2.31. The van der Waals surface area contributed by atoms with E-state index in [2.05, 4.69) is 0 Å². The lowest BCUT2D eigenvalue weighted by molar-refractivity contribution is 1.06. The van der Waals surface area contributed by atoms with E-state index in [0.717, 1.165) is 25.3 Å². The Labute approximate surface area is 437 Å². The average molecular weight is 938 g/mol. The Balaban J connectivity index is 1.23. The van der Waals surface area contributed by atoms with Gasteiger partial charge >= 0.3 is 0 Å². The van der Waals surface area contributed by atoms with Crippen LogP contribution < -0.4 is 20.7 Å². The summed E-state index contributed by atoms with van der Waals surface area (Å²) in [6.45, 7) is 0. The summed E-state index contributed by atoms with van der Waals surface area (Å²) in [4.78, 5) is 14.9. The second-order valence-corrected chi connectivity index (χ2v) is 20.6. The molecule has 0 aliphatic carbocycles. The van der Waals surface area contributed by atoms with Crippen LogP contribution in [-0.4, -0.2) is 27.6 Å². The first-order chi connectivity index (χ1) is 43.8. The van der Waals surface area contributed by atoms with Gasteiger partial charge in [0.05, 0.1) is 48.2 Å². The van der Waals surface area contributed by atoms with Crippen molar-refractivity contribution in [2.24, 2.45) is 0 Å². The summed E-state index contributed by atoms with van der Waals surface area (Å²) >= 11 is 0.697. The highest BCUT2D eigenvalue weighted by molar-refractivity contribution is 7.26. The first-order valence-corrected chi connectivity index (χ1v) is 24.3. The van der Waals surface area contributed by atoms with Crippen molar-refractivity contribution in [3.63, 3.8) is 0 Å². The first-order valence-electron chi connectivity index (χ1n) is 33.0. The largest absolute Gasteiger partial charge is 0.309 e. The Morgan fingerprint density at radius 2 is 0.855 bits per heavy atom. The Morgan fingerprint density at radius 1 is 0.377 bits per heavy atom. The molecule has 13 aromatic rings. The summed E-state index contributed by atoms with van der Waals surface area (Å²) < 4.78 is 212. The van der Waals surface area contributed by atoms with Crippen LogP contribution in [0.2, 0.25) is 0 Å². The molecule has 3 aromatic heterocycles. The molecule has 0 amide bonds. The molecular formula is C63H42N4SSi. The maximum Gasteiger partial charge on any atom is 0.179 e. The molecule has 0 saturated heterocycles. The van der Waals surface area contributed by atoms with Crippen LogP contribution in [0.5, 0.6) is 0 Å². The number of thiophene rings is 1. The maximum atomic E-state index is 9.88. The van der Waals surface area contributed by atoms with Crippen molar-refractivity contribution in [3.05, 3.63) is 254 Å². The van der Waals surface area contributed by atoms with Crippen LogP contribution in [0, 0.1) is 0 Å². The highest BCUT2D eigenvalue weighted by Gasteiger charge is 2.41. The molecule has 0 N–H and O–H groups in total. The van der Waals surface area contributed by atoms with E-state index in [9.17, 15) is 19.2 Å². The molecule has 0 unspecified atom stereocenters. The molecule has 13 rings (SSSR count). The molecular weight excluding hydrogens is 873 g/mol. The zero-order valence-corrected chi connectivity index (χ0v) is 37.5. The van der Waals surface area contributed by atoms with Gasteiger partial charge in [0.1, 0.15) is 0 Å². The molecule has 324 valence electrons. The molecule has 0 spiro atoms.